The van der Waals surface area contributed by atoms with Gasteiger partial charge in [-0.1, -0.05) is 32.6 Å². The molecular weight excluding hydrogens is 240 g/mol. The Balaban J connectivity index is 2.04. The molecule has 1 heterocycles. The van der Waals surface area contributed by atoms with Crippen LogP contribution in [0, 0.1) is 5.92 Å². The van der Waals surface area contributed by atoms with E-state index >= 15 is 0 Å². The quantitative estimate of drug-likeness (QED) is 0.847. The summed E-state index contributed by atoms with van der Waals surface area (Å²) < 4.78 is 0. The fourth-order valence-corrected chi connectivity index (χ4v) is 3.21. The smallest absolute Gasteiger partial charge is 0.245 e. The third-order valence-electron chi connectivity index (χ3n) is 4.41. The van der Waals surface area contributed by atoms with E-state index < -0.39 is 0 Å². The highest BCUT2D eigenvalue weighted by molar-refractivity contribution is 5.90. The van der Waals surface area contributed by atoms with Crippen molar-refractivity contribution in [3.63, 3.8) is 0 Å². The van der Waals surface area contributed by atoms with Gasteiger partial charge in [0.05, 0.1) is 0 Å². The van der Waals surface area contributed by atoms with Crippen molar-refractivity contribution in [3.8, 4) is 0 Å². The number of nitrogens with one attached hydrogen (secondary N) is 1. The molecule has 2 aliphatic rings. The summed E-state index contributed by atoms with van der Waals surface area (Å²) in [5.41, 5.74) is 0. The SMILES string of the molecule is CCCCN1CCC(=O)NC(C2CCCCC2)C1=O. The van der Waals surface area contributed by atoms with Crippen LogP contribution in [0.1, 0.15) is 58.3 Å². The van der Waals surface area contributed by atoms with Crippen LogP contribution in [0.5, 0.6) is 0 Å². The van der Waals surface area contributed by atoms with E-state index in [0.29, 0.717) is 18.9 Å². The van der Waals surface area contributed by atoms with E-state index in [1.165, 1.54) is 19.3 Å². The molecule has 1 atom stereocenters. The van der Waals surface area contributed by atoms with Gasteiger partial charge in [0.25, 0.3) is 0 Å². The number of amides is 2. The highest BCUT2D eigenvalue weighted by atomic mass is 16.2. The zero-order valence-electron chi connectivity index (χ0n) is 12.0. The maximum atomic E-state index is 12.6. The predicted octanol–water partition coefficient (Wildman–Crippen LogP) is 2.08. The zero-order chi connectivity index (χ0) is 13.7. The van der Waals surface area contributed by atoms with Crippen molar-refractivity contribution in [2.75, 3.05) is 13.1 Å². The highest BCUT2D eigenvalue weighted by Gasteiger charge is 2.35. The second-order valence-electron chi connectivity index (χ2n) is 5.87. The molecule has 1 saturated heterocycles. The maximum Gasteiger partial charge on any atom is 0.245 e. The lowest BCUT2D eigenvalue weighted by atomic mass is 9.83. The van der Waals surface area contributed by atoms with Gasteiger partial charge in [0.15, 0.2) is 0 Å². The van der Waals surface area contributed by atoms with Crippen LogP contribution >= 0.6 is 0 Å². The Hall–Kier alpha value is -1.06. The van der Waals surface area contributed by atoms with Gasteiger partial charge in [0.2, 0.25) is 11.8 Å². The van der Waals surface area contributed by atoms with Gasteiger partial charge < -0.3 is 10.2 Å². The number of hydrogen-bond donors (Lipinski definition) is 1. The van der Waals surface area contributed by atoms with Crippen LogP contribution < -0.4 is 5.32 Å². The Morgan fingerprint density at radius 2 is 1.95 bits per heavy atom. The topological polar surface area (TPSA) is 49.4 Å². The predicted molar refractivity (Wildman–Crippen MR) is 74.6 cm³/mol. The van der Waals surface area contributed by atoms with E-state index in [1.807, 2.05) is 4.90 Å². The van der Waals surface area contributed by atoms with Gasteiger partial charge in [0, 0.05) is 19.5 Å². The molecule has 0 spiro atoms. The molecule has 2 amide bonds. The molecule has 1 aliphatic heterocycles. The number of nitrogens with zero attached hydrogens (tertiary/aromatic N) is 1. The lowest BCUT2D eigenvalue weighted by molar-refractivity contribution is -0.135. The Morgan fingerprint density at radius 1 is 1.21 bits per heavy atom. The van der Waals surface area contributed by atoms with Crippen LogP contribution in [-0.4, -0.2) is 35.8 Å². The zero-order valence-corrected chi connectivity index (χ0v) is 12.0. The Kier molecular flexibility index (Phi) is 5.23. The monoisotopic (exact) mass is 266 g/mol. The standard InChI is InChI=1S/C15H26N2O2/c1-2-3-10-17-11-9-13(18)16-14(15(17)19)12-7-5-4-6-8-12/h12,14H,2-11H2,1H3,(H,16,18). The molecule has 1 N–H and O–H groups in total. The van der Waals surface area contributed by atoms with Crippen molar-refractivity contribution in [2.45, 2.75) is 64.3 Å². The molecule has 4 nitrogen and oxygen atoms in total. The van der Waals surface area contributed by atoms with E-state index in [1.54, 1.807) is 0 Å². The van der Waals surface area contributed by atoms with Gasteiger partial charge >= 0.3 is 0 Å². The van der Waals surface area contributed by atoms with Crippen molar-refractivity contribution in [1.82, 2.24) is 10.2 Å². The summed E-state index contributed by atoms with van der Waals surface area (Å²) in [6, 6.07) is -0.257. The molecule has 1 aliphatic carbocycles. The molecule has 0 bridgehead atoms. The van der Waals surface area contributed by atoms with Crippen LogP contribution in [0.3, 0.4) is 0 Å². The van der Waals surface area contributed by atoms with Crippen LogP contribution in [0.4, 0.5) is 0 Å². The Labute approximate surface area is 115 Å². The molecule has 0 radical (unpaired) electrons. The molecule has 1 unspecified atom stereocenters. The number of unbranched alkanes of at least 4 members (excludes halogenated alkanes) is 1. The summed E-state index contributed by atoms with van der Waals surface area (Å²) in [6.07, 6.45) is 8.38. The van der Waals surface area contributed by atoms with E-state index in [2.05, 4.69) is 12.2 Å². The molecule has 1 saturated carbocycles. The summed E-state index contributed by atoms with van der Waals surface area (Å²) in [7, 11) is 0. The first kappa shape index (κ1) is 14.4. The van der Waals surface area contributed by atoms with E-state index in [0.717, 1.165) is 32.2 Å². The number of carbonyl (C=O) groups excluding carboxylic acids is 2. The minimum atomic E-state index is -0.257. The van der Waals surface area contributed by atoms with Crippen LogP contribution in [0.15, 0.2) is 0 Å². The average Bonchev–Trinajstić information content (AvgIpc) is 2.58. The summed E-state index contributed by atoms with van der Waals surface area (Å²) in [5, 5.41) is 2.97. The summed E-state index contributed by atoms with van der Waals surface area (Å²) in [4.78, 5) is 26.3. The second kappa shape index (κ2) is 6.92. The minimum absolute atomic E-state index is 0.0444. The average molecular weight is 266 g/mol. The van der Waals surface area contributed by atoms with Crippen LogP contribution in [0.25, 0.3) is 0 Å². The van der Waals surface area contributed by atoms with Crippen molar-refractivity contribution < 1.29 is 9.59 Å². The lowest BCUT2D eigenvalue weighted by Gasteiger charge is -2.31. The van der Waals surface area contributed by atoms with E-state index in [-0.39, 0.29) is 17.9 Å². The van der Waals surface area contributed by atoms with Crippen molar-refractivity contribution in [1.29, 1.82) is 0 Å². The van der Waals surface area contributed by atoms with Gasteiger partial charge in [0.1, 0.15) is 6.04 Å². The number of carbonyl (C=O) groups is 2. The van der Waals surface area contributed by atoms with Crippen molar-refractivity contribution >= 4 is 11.8 Å². The fraction of sp³-hybridized carbons (Fsp3) is 0.867. The molecule has 108 valence electrons. The van der Waals surface area contributed by atoms with Crippen LogP contribution in [-0.2, 0) is 9.59 Å². The summed E-state index contributed by atoms with van der Waals surface area (Å²) in [6.45, 7) is 3.52. The van der Waals surface area contributed by atoms with Gasteiger partial charge in [-0.25, -0.2) is 0 Å². The molecule has 4 heteroatoms. The largest absolute Gasteiger partial charge is 0.344 e. The Bertz CT molecular complexity index is 324. The minimum Gasteiger partial charge on any atom is -0.344 e. The van der Waals surface area contributed by atoms with Gasteiger partial charge in [-0.2, -0.15) is 0 Å². The third kappa shape index (κ3) is 3.71. The molecule has 2 rings (SSSR count). The first-order chi connectivity index (χ1) is 9.22. The molecule has 19 heavy (non-hydrogen) atoms. The van der Waals surface area contributed by atoms with Crippen molar-refractivity contribution in [3.05, 3.63) is 0 Å². The molecule has 0 aromatic carbocycles. The molecule has 0 aromatic rings. The summed E-state index contributed by atoms with van der Waals surface area (Å²) in [5.74, 6) is 0.557. The van der Waals surface area contributed by atoms with Gasteiger partial charge in [-0.15, -0.1) is 0 Å². The normalized spacial score (nSPS) is 26.2. The summed E-state index contributed by atoms with van der Waals surface area (Å²) >= 11 is 0. The molecule has 0 aromatic heterocycles. The second-order valence-corrected chi connectivity index (χ2v) is 5.87. The van der Waals surface area contributed by atoms with Crippen LogP contribution in [0.2, 0.25) is 0 Å². The molecular formula is C15H26N2O2. The van der Waals surface area contributed by atoms with E-state index in [9.17, 15) is 9.59 Å². The van der Waals surface area contributed by atoms with Gasteiger partial charge in [-0.3, -0.25) is 9.59 Å². The van der Waals surface area contributed by atoms with E-state index in [4.69, 9.17) is 0 Å². The van der Waals surface area contributed by atoms with Gasteiger partial charge in [-0.05, 0) is 25.2 Å². The highest BCUT2D eigenvalue weighted by Crippen LogP contribution is 2.28. The first-order valence-corrected chi connectivity index (χ1v) is 7.80. The number of rotatable bonds is 4. The maximum absolute atomic E-state index is 12.6. The lowest BCUT2D eigenvalue weighted by Crippen LogP contribution is -2.49. The Morgan fingerprint density at radius 3 is 2.63 bits per heavy atom. The number of hydrogen-bond acceptors (Lipinski definition) is 2. The third-order valence-corrected chi connectivity index (χ3v) is 4.41. The van der Waals surface area contributed by atoms with Crippen molar-refractivity contribution in [2.24, 2.45) is 5.92 Å². The fourth-order valence-electron chi connectivity index (χ4n) is 3.21. The molecule has 2 fully saturated rings. The first-order valence-electron chi connectivity index (χ1n) is 7.80.